The predicted octanol–water partition coefficient (Wildman–Crippen LogP) is 3.89. The molecule has 2 nitrogen and oxygen atoms in total. The van der Waals surface area contributed by atoms with Gasteiger partial charge in [0, 0.05) is 11.1 Å². The van der Waals surface area contributed by atoms with Gasteiger partial charge >= 0.3 is 0 Å². The van der Waals surface area contributed by atoms with Crippen molar-refractivity contribution in [1.82, 2.24) is 0 Å². The van der Waals surface area contributed by atoms with Crippen LogP contribution < -0.4 is 0 Å². The van der Waals surface area contributed by atoms with Crippen LogP contribution in [-0.4, -0.2) is 10.2 Å². The van der Waals surface area contributed by atoms with Crippen LogP contribution in [-0.2, 0) is 0 Å². The molecule has 17 heavy (non-hydrogen) atoms. The lowest BCUT2D eigenvalue weighted by Crippen LogP contribution is -1.91. The Morgan fingerprint density at radius 1 is 0.882 bits per heavy atom. The van der Waals surface area contributed by atoms with Crippen molar-refractivity contribution in [1.29, 1.82) is 0 Å². The zero-order valence-electron chi connectivity index (χ0n) is 10.0. The molecule has 0 aromatic heterocycles. The molecule has 0 radical (unpaired) electrons. The molecule has 0 spiro atoms. The summed E-state index contributed by atoms with van der Waals surface area (Å²) in [6, 6.07) is 13.0. The number of hydrogen-bond acceptors (Lipinski definition) is 2. The lowest BCUT2D eigenvalue weighted by Gasteiger charge is -2.14. The Hall–Kier alpha value is -1.96. The summed E-state index contributed by atoms with van der Waals surface area (Å²) in [5.41, 5.74) is 2.31. The fourth-order valence-corrected chi connectivity index (χ4v) is 2.02. The summed E-state index contributed by atoms with van der Waals surface area (Å²) < 4.78 is 0. The first-order valence-corrected chi connectivity index (χ1v) is 5.71. The van der Waals surface area contributed by atoms with Gasteiger partial charge in [0.15, 0.2) is 0 Å². The summed E-state index contributed by atoms with van der Waals surface area (Å²) >= 11 is 0. The maximum absolute atomic E-state index is 10.2. The van der Waals surface area contributed by atoms with Crippen LogP contribution in [0.1, 0.15) is 25.3 Å². The molecule has 0 unspecified atom stereocenters. The Balaban J connectivity index is 2.62. The molecule has 0 aliphatic carbocycles. The molecular formula is C15H16O2. The van der Waals surface area contributed by atoms with Gasteiger partial charge in [-0.15, -0.1) is 0 Å². The van der Waals surface area contributed by atoms with Crippen LogP contribution in [0, 0.1) is 0 Å². The van der Waals surface area contributed by atoms with Gasteiger partial charge in [0.1, 0.15) is 11.5 Å². The first-order valence-electron chi connectivity index (χ1n) is 5.71. The second-order valence-corrected chi connectivity index (χ2v) is 4.42. The third-order valence-corrected chi connectivity index (χ3v) is 2.86. The van der Waals surface area contributed by atoms with Crippen LogP contribution in [0.3, 0.4) is 0 Å². The molecule has 0 aliphatic rings. The highest BCUT2D eigenvalue weighted by Crippen LogP contribution is 2.40. The molecule has 0 fully saturated rings. The zero-order chi connectivity index (χ0) is 12.4. The Morgan fingerprint density at radius 3 is 2.12 bits per heavy atom. The topological polar surface area (TPSA) is 40.5 Å². The van der Waals surface area contributed by atoms with Gasteiger partial charge in [0.2, 0.25) is 0 Å². The highest BCUT2D eigenvalue weighted by molar-refractivity contribution is 5.73. The van der Waals surface area contributed by atoms with E-state index in [9.17, 15) is 10.2 Å². The first kappa shape index (κ1) is 11.5. The van der Waals surface area contributed by atoms with Crippen molar-refractivity contribution in [2.45, 2.75) is 19.8 Å². The van der Waals surface area contributed by atoms with Gasteiger partial charge in [-0.25, -0.2) is 0 Å². The number of aromatic hydroxyl groups is 2. The lowest BCUT2D eigenvalue weighted by molar-refractivity contribution is 0.434. The highest BCUT2D eigenvalue weighted by atomic mass is 16.3. The molecule has 0 saturated heterocycles. The van der Waals surface area contributed by atoms with E-state index in [1.54, 1.807) is 12.1 Å². The van der Waals surface area contributed by atoms with E-state index in [4.69, 9.17) is 0 Å². The Morgan fingerprint density at radius 2 is 1.53 bits per heavy atom. The van der Waals surface area contributed by atoms with Crippen molar-refractivity contribution in [2.24, 2.45) is 0 Å². The largest absolute Gasteiger partial charge is 0.508 e. The monoisotopic (exact) mass is 228 g/mol. The van der Waals surface area contributed by atoms with Crippen molar-refractivity contribution in [3.8, 4) is 22.6 Å². The van der Waals surface area contributed by atoms with Gasteiger partial charge in [-0.05, 0) is 23.6 Å². The molecule has 0 aliphatic heterocycles. The normalized spacial score (nSPS) is 10.8. The smallest absolute Gasteiger partial charge is 0.130 e. The van der Waals surface area contributed by atoms with Crippen LogP contribution in [0.4, 0.5) is 0 Å². The Kier molecular flexibility index (Phi) is 3.05. The van der Waals surface area contributed by atoms with Crippen molar-refractivity contribution in [3.63, 3.8) is 0 Å². The molecule has 2 rings (SSSR count). The Labute approximate surface area is 101 Å². The second-order valence-electron chi connectivity index (χ2n) is 4.42. The van der Waals surface area contributed by atoms with E-state index in [-0.39, 0.29) is 17.4 Å². The molecular weight excluding hydrogens is 212 g/mol. The van der Waals surface area contributed by atoms with Crippen LogP contribution >= 0.6 is 0 Å². The summed E-state index contributed by atoms with van der Waals surface area (Å²) in [6.07, 6.45) is 0. The average Bonchev–Trinajstić information content (AvgIpc) is 2.30. The van der Waals surface area contributed by atoms with Crippen molar-refractivity contribution in [3.05, 3.63) is 48.0 Å². The van der Waals surface area contributed by atoms with E-state index in [2.05, 4.69) is 0 Å². The minimum atomic E-state index is 0.0821. The minimum Gasteiger partial charge on any atom is -0.508 e. The summed E-state index contributed by atoms with van der Waals surface area (Å²) in [5, 5.41) is 20.0. The van der Waals surface area contributed by atoms with E-state index >= 15 is 0 Å². The van der Waals surface area contributed by atoms with Gasteiger partial charge in [-0.2, -0.15) is 0 Å². The van der Waals surface area contributed by atoms with Crippen LogP contribution in [0.15, 0.2) is 42.5 Å². The Bertz CT molecular complexity index is 516. The number of hydrogen-bond donors (Lipinski definition) is 2. The van der Waals surface area contributed by atoms with Gasteiger partial charge in [-0.3, -0.25) is 0 Å². The molecule has 2 heteroatoms. The van der Waals surface area contributed by atoms with Crippen LogP contribution in [0.5, 0.6) is 11.5 Å². The van der Waals surface area contributed by atoms with E-state index < -0.39 is 0 Å². The summed E-state index contributed by atoms with van der Waals surface area (Å²) in [4.78, 5) is 0. The highest BCUT2D eigenvalue weighted by Gasteiger charge is 2.15. The lowest BCUT2D eigenvalue weighted by atomic mass is 9.95. The molecule has 0 heterocycles. The number of benzene rings is 2. The molecule has 0 bridgehead atoms. The molecule has 88 valence electrons. The van der Waals surface area contributed by atoms with Gasteiger partial charge in [-0.1, -0.05) is 44.2 Å². The van der Waals surface area contributed by atoms with E-state index in [1.165, 1.54) is 0 Å². The van der Waals surface area contributed by atoms with Crippen LogP contribution in [0.25, 0.3) is 11.1 Å². The molecule has 2 aromatic rings. The maximum atomic E-state index is 10.2. The fourth-order valence-electron chi connectivity index (χ4n) is 2.02. The van der Waals surface area contributed by atoms with Crippen molar-refractivity contribution >= 4 is 0 Å². The van der Waals surface area contributed by atoms with E-state index in [1.807, 2.05) is 44.2 Å². The standard InChI is InChI=1S/C15H16O2/c1-10(2)14-13(16)9-8-12(15(14)17)11-6-4-3-5-7-11/h3-10,16-17H,1-2H3. The van der Waals surface area contributed by atoms with Gasteiger partial charge < -0.3 is 10.2 Å². The molecule has 0 amide bonds. The van der Waals surface area contributed by atoms with Crippen LogP contribution in [0.2, 0.25) is 0 Å². The van der Waals surface area contributed by atoms with E-state index in [0.717, 1.165) is 11.1 Å². The number of phenols is 2. The van der Waals surface area contributed by atoms with Gasteiger partial charge in [0.25, 0.3) is 0 Å². The fraction of sp³-hybridized carbons (Fsp3) is 0.200. The third kappa shape index (κ3) is 2.11. The maximum Gasteiger partial charge on any atom is 0.130 e. The molecule has 0 saturated carbocycles. The average molecular weight is 228 g/mol. The van der Waals surface area contributed by atoms with Crippen molar-refractivity contribution in [2.75, 3.05) is 0 Å². The zero-order valence-corrected chi connectivity index (χ0v) is 10.0. The quantitative estimate of drug-likeness (QED) is 0.818. The SMILES string of the molecule is CC(C)c1c(O)ccc(-c2ccccc2)c1O. The molecule has 2 aromatic carbocycles. The molecule has 2 N–H and O–H groups in total. The summed E-state index contributed by atoms with van der Waals surface area (Å²) in [5.74, 6) is 0.405. The summed E-state index contributed by atoms with van der Waals surface area (Å²) in [7, 11) is 0. The van der Waals surface area contributed by atoms with Crippen molar-refractivity contribution < 1.29 is 10.2 Å². The first-order chi connectivity index (χ1) is 8.11. The number of phenolic OH excluding ortho intramolecular Hbond substituents is 2. The minimum absolute atomic E-state index is 0.0821. The van der Waals surface area contributed by atoms with Gasteiger partial charge in [0.05, 0.1) is 0 Å². The number of rotatable bonds is 2. The molecule has 0 atom stereocenters. The third-order valence-electron chi connectivity index (χ3n) is 2.86. The predicted molar refractivity (Wildman–Crippen MR) is 69.3 cm³/mol. The van der Waals surface area contributed by atoms with E-state index in [0.29, 0.717) is 5.56 Å². The summed E-state index contributed by atoms with van der Waals surface area (Å²) in [6.45, 7) is 3.90. The second kappa shape index (κ2) is 4.50.